The van der Waals surface area contributed by atoms with Crippen molar-refractivity contribution < 1.29 is 17.1 Å². The van der Waals surface area contributed by atoms with Crippen LogP contribution in [0.4, 0.5) is 0 Å². The van der Waals surface area contributed by atoms with Gasteiger partial charge in [-0.3, -0.25) is 0 Å². The maximum Gasteiger partial charge on any atom is 0.000677 e. The first-order valence-electron chi connectivity index (χ1n) is 19.9. The molecule has 51 heavy (non-hydrogen) atoms. The van der Waals surface area contributed by atoms with Gasteiger partial charge in [0.05, 0.1) is 0 Å². The average Bonchev–Trinajstić information content (AvgIpc) is 3.96. The molecule has 0 radical (unpaired) electrons. The van der Waals surface area contributed by atoms with Crippen LogP contribution in [0.1, 0.15) is 76.8 Å². The summed E-state index contributed by atoms with van der Waals surface area (Å²) in [5.41, 5.74) is 10.1. The average molecular weight is 759 g/mol. The second-order valence-corrected chi connectivity index (χ2v) is 21.7. The third-order valence-corrected chi connectivity index (χ3v) is 18.7. The van der Waals surface area contributed by atoms with Crippen molar-refractivity contribution in [3.05, 3.63) is 108 Å². The zero-order valence-corrected chi connectivity index (χ0v) is 34.3. The molecule has 4 bridgehead atoms. The van der Waals surface area contributed by atoms with Gasteiger partial charge in [-0.15, -0.1) is 39.4 Å². The molecule has 5 heteroatoms. The van der Waals surface area contributed by atoms with Gasteiger partial charge in [-0.05, 0) is 124 Å². The van der Waals surface area contributed by atoms with E-state index < -0.39 is 0 Å². The second-order valence-electron chi connectivity index (χ2n) is 17.6. The molecule has 0 spiro atoms. The van der Waals surface area contributed by atoms with Gasteiger partial charge in [-0.1, -0.05) is 92.6 Å². The first-order valence-corrected chi connectivity index (χ1v) is 22.1. The fourth-order valence-electron chi connectivity index (χ4n) is 11.5. The van der Waals surface area contributed by atoms with Crippen LogP contribution in [0.3, 0.4) is 0 Å². The zero-order chi connectivity index (χ0) is 34.3. The number of rotatable bonds is 8. The molecule has 10 rings (SSSR count). The van der Waals surface area contributed by atoms with Gasteiger partial charge in [0.15, 0.2) is 0 Å². The van der Waals surface area contributed by atoms with E-state index in [-0.39, 0.29) is 30.1 Å². The third-order valence-electron chi connectivity index (χ3n) is 13.6. The molecule has 4 atom stereocenters. The van der Waals surface area contributed by atoms with Crippen LogP contribution in [0.25, 0.3) is 22.3 Å². The fourth-order valence-corrected chi connectivity index (χ4v) is 16.1. The molecule has 4 aromatic rings. The van der Waals surface area contributed by atoms with Crippen LogP contribution in [0.2, 0.25) is 0 Å². The Labute approximate surface area is 323 Å². The Balaban J connectivity index is 0.000000625. The Morgan fingerprint density at radius 1 is 0.725 bits per heavy atom. The molecule has 2 N–H and O–H groups in total. The van der Waals surface area contributed by atoms with Crippen LogP contribution in [-0.2, 0) is 28.4 Å². The fraction of sp³-hybridized carbons (Fsp3) is 0.522. The van der Waals surface area contributed by atoms with Crippen molar-refractivity contribution in [1.82, 2.24) is 10.6 Å². The quantitative estimate of drug-likeness (QED) is 0.106. The minimum atomic E-state index is -0.218. The molecule has 6 fully saturated rings. The van der Waals surface area contributed by atoms with Gasteiger partial charge < -0.3 is 41.0 Å². The van der Waals surface area contributed by atoms with Gasteiger partial charge in [0, 0.05) is 22.2 Å². The van der Waals surface area contributed by atoms with E-state index in [2.05, 4.69) is 107 Å². The van der Waals surface area contributed by atoms with E-state index in [1.807, 2.05) is 30.3 Å². The van der Waals surface area contributed by atoms with E-state index in [0.29, 0.717) is 17.0 Å². The number of hydrogen-bond donors (Lipinski definition) is 2. The summed E-state index contributed by atoms with van der Waals surface area (Å²) in [5, 5.41) is 8.00. The van der Waals surface area contributed by atoms with E-state index in [0.717, 1.165) is 55.5 Å². The maximum atomic E-state index is 3.80. The van der Waals surface area contributed by atoms with Gasteiger partial charge >= 0.3 is 0 Å². The molecule has 2 aliphatic heterocycles. The van der Waals surface area contributed by atoms with Crippen molar-refractivity contribution in [3.8, 4) is 22.3 Å². The van der Waals surface area contributed by atoms with Crippen LogP contribution in [-0.4, -0.2) is 37.0 Å². The first kappa shape index (κ1) is 37.7. The number of hydrogen-bond acceptors (Lipinski definition) is 2. The Hall–Kier alpha value is -1.56. The summed E-state index contributed by atoms with van der Waals surface area (Å²) < 4.78 is 0. The van der Waals surface area contributed by atoms with Gasteiger partial charge in [-0.25, -0.2) is 0 Å². The van der Waals surface area contributed by atoms with E-state index >= 15 is 0 Å². The minimum Gasteiger partial charge on any atom is -0.748 e. The summed E-state index contributed by atoms with van der Waals surface area (Å²) in [6.07, 6.45) is 11.5. The molecule has 4 aromatic carbocycles. The molecule has 4 aliphatic carbocycles. The number of benzene rings is 2. The van der Waals surface area contributed by atoms with Crippen LogP contribution in [0.15, 0.2) is 97.1 Å². The summed E-state index contributed by atoms with van der Waals surface area (Å²) in [6.45, 7) is 12.4. The zero-order valence-electron chi connectivity index (χ0n) is 31.1. The molecular formula is C46H60FeN2P2-6. The van der Waals surface area contributed by atoms with Crippen molar-refractivity contribution in [1.29, 1.82) is 0 Å². The van der Waals surface area contributed by atoms with Crippen molar-refractivity contribution in [2.45, 2.75) is 87.9 Å². The van der Waals surface area contributed by atoms with Crippen LogP contribution < -0.4 is 10.6 Å². The van der Waals surface area contributed by atoms with Crippen LogP contribution >= 0.6 is 17.2 Å². The Morgan fingerprint density at radius 2 is 1.22 bits per heavy atom. The van der Waals surface area contributed by atoms with E-state index in [9.17, 15) is 0 Å². The normalized spacial score (nSPS) is 29.9. The standard InChI is InChI=1S/C41H55N2P2.C5H5.Fe/c1-40(2,3)45(39-31-19-27-18-28(21-31)22-32(39)20-27)26-36-37(41(44,33-14-16-42-24-33)34-15-17-43-25-34)23-35(29-10-6-4-7-11-29)38(36)30-12-8-5-9-13-30;1-2-4-5-3-1;/h4-13,23,27-28,31-34,39,42-43H,14-22,24-26,44H2,1-3H3;1-5H;/q-1;-5;. The van der Waals surface area contributed by atoms with Crippen LogP contribution in [0, 0.1) is 35.5 Å². The van der Waals surface area contributed by atoms with Gasteiger partial charge in [0.25, 0.3) is 0 Å². The van der Waals surface area contributed by atoms with Crippen molar-refractivity contribution in [2.75, 3.05) is 26.2 Å². The van der Waals surface area contributed by atoms with E-state index in [1.165, 1.54) is 61.4 Å². The molecule has 2 saturated heterocycles. The Morgan fingerprint density at radius 3 is 1.67 bits per heavy atom. The summed E-state index contributed by atoms with van der Waals surface area (Å²) in [5.74, 6) is 5.29. The Bertz CT molecular complexity index is 1600. The molecule has 4 saturated carbocycles. The predicted molar refractivity (Wildman–Crippen MR) is 219 cm³/mol. The molecule has 2 heterocycles. The molecular weight excluding hydrogens is 698 g/mol. The molecule has 6 aliphatic rings. The van der Waals surface area contributed by atoms with Gasteiger partial charge in [-0.2, -0.15) is 6.07 Å². The molecule has 0 aromatic heterocycles. The summed E-state index contributed by atoms with van der Waals surface area (Å²) in [4.78, 5) is 0. The SMILES string of the molecule is CC(C)(C)P(C[c-]1c(C(P)(C2CCNC2)C2CCNC2)cc(-c2ccccc2)c1-c1ccccc1)C1C2CC3CC(C2)CC1C3.[Fe].[cH-]1[cH-][cH-][cH-][cH-]1. The Kier molecular flexibility index (Phi) is 11.9. The summed E-state index contributed by atoms with van der Waals surface area (Å²) >= 11 is 0. The predicted octanol–water partition coefficient (Wildman–Crippen LogP) is 11.0. The first-order chi connectivity index (χ1) is 24.3. The molecule has 2 nitrogen and oxygen atoms in total. The van der Waals surface area contributed by atoms with Gasteiger partial charge in [0.2, 0.25) is 0 Å². The largest absolute Gasteiger partial charge is 0.748 e. The van der Waals surface area contributed by atoms with Crippen molar-refractivity contribution >= 4 is 17.2 Å². The van der Waals surface area contributed by atoms with Gasteiger partial charge in [0.1, 0.15) is 0 Å². The second kappa shape index (κ2) is 16.0. The topological polar surface area (TPSA) is 24.1 Å². The summed E-state index contributed by atoms with van der Waals surface area (Å²) in [6, 6.07) is 35.6. The number of nitrogens with one attached hydrogen (secondary N) is 2. The molecule has 0 amide bonds. The van der Waals surface area contributed by atoms with Crippen molar-refractivity contribution in [2.24, 2.45) is 35.5 Å². The molecule has 278 valence electrons. The van der Waals surface area contributed by atoms with E-state index in [4.69, 9.17) is 0 Å². The molecule has 4 unspecified atom stereocenters. The maximum absolute atomic E-state index is 3.80. The van der Waals surface area contributed by atoms with Crippen LogP contribution in [0.5, 0.6) is 0 Å². The minimum absolute atomic E-state index is 0. The summed E-state index contributed by atoms with van der Waals surface area (Å²) in [7, 11) is 3.38. The van der Waals surface area contributed by atoms with Crippen molar-refractivity contribution in [3.63, 3.8) is 0 Å². The monoisotopic (exact) mass is 758 g/mol. The third kappa shape index (κ3) is 7.57. The van der Waals surface area contributed by atoms with E-state index in [1.54, 1.807) is 23.1 Å². The smallest absolute Gasteiger partial charge is 0.000677 e.